The van der Waals surface area contributed by atoms with Crippen LogP contribution in [0.1, 0.15) is 30.7 Å². The van der Waals surface area contributed by atoms with Gasteiger partial charge in [-0.15, -0.1) is 6.58 Å². The minimum atomic E-state index is -2.92. The molecule has 6 aromatic rings. The van der Waals surface area contributed by atoms with E-state index in [1.807, 2.05) is 12.2 Å². The van der Waals surface area contributed by atoms with Gasteiger partial charge in [0.2, 0.25) is 0 Å². The minimum absolute atomic E-state index is 0.566. The number of para-hydroxylation sites is 1. The smallest absolute Gasteiger partial charge is 0.184 e. The van der Waals surface area contributed by atoms with Crippen LogP contribution in [0.15, 0.2) is 153 Å². The molecule has 0 amide bonds. The van der Waals surface area contributed by atoms with Crippen LogP contribution in [0.5, 0.6) is 5.75 Å². The van der Waals surface area contributed by atoms with Crippen molar-refractivity contribution in [3.05, 3.63) is 170 Å². The summed E-state index contributed by atoms with van der Waals surface area (Å²) in [5.74, 6) is 0.956. The summed E-state index contributed by atoms with van der Waals surface area (Å²) in [5.41, 5.74) is 5.61. The number of hydrogen-bond donors (Lipinski definition) is 0. The topological polar surface area (TPSA) is 14.2 Å². The number of nitrogens with zero attached hydrogens (tertiary/aromatic N) is 1. The maximum Gasteiger partial charge on any atom is 0.184 e. The number of fused-ring (bicyclic) bond motifs is 1. The van der Waals surface area contributed by atoms with Crippen LogP contribution in [-0.2, 0) is 6.42 Å². The molecule has 0 N–H and O–H groups in total. The summed E-state index contributed by atoms with van der Waals surface area (Å²) in [5, 5.41) is 6.33. The predicted octanol–water partition coefficient (Wildman–Crippen LogP) is 7.81. The molecule has 0 saturated heterocycles. The lowest BCUT2D eigenvalue weighted by Gasteiger charge is -2.36. The normalized spacial score (nSPS) is 11.6. The van der Waals surface area contributed by atoms with E-state index in [2.05, 4.69) is 171 Å². The summed E-state index contributed by atoms with van der Waals surface area (Å²) < 4.78 is 9.11. The quantitative estimate of drug-likeness (QED) is 0.0839. The fourth-order valence-corrected chi connectivity index (χ4v) is 11.8. The Balaban J connectivity index is 1.84. The Morgan fingerprint density at radius 1 is 0.733 bits per heavy atom. The van der Waals surface area contributed by atoms with Gasteiger partial charge in [-0.25, -0.2) is 0 Å². The summed E-state index contributed by atoms with van der Waals surface area (Å²) in [4.78, 5) is 0. The monoisotopic (exact) mass is 601 g/mol. The third kappa shape index (κ3) is 5.20. The van der Waals surface area contributed by atoms with E-state index in [0.29, 0.717) is 13.0 Å². The second kappa shape index (κ2) is 13.3. The third-order valence-electron chi connectivity index (χ3n) is 8.57. The lowest BCUT2D eigenvalue weighted by atomic mass is 10.1. The summed E-state index contributed by atoms with van der Waals surface area (Å²) in [6.07, 6.45) is 8.94. The van der Waals surface area contributed by atoms with Crippen molar-refractivity contribution in [2.75, 3.05) is 6.61 Å². The predicted molar refractivity (Wildman–Crippen MR) is 197 cm³/mol. The molecule has 0 bridgehead atoms. The zero-order valence-corrected chi connectivity index (χ0v) is 27.1. The maximum atomic E-state index is 6.72. The Morgan fingerprint density at radius 2 is 1.29 bits per heavy atom. The highest BCUT2D eigenvalue weighted by molar-refractivity contribution is 7.20. The van der Waals surface area contributed by atoms with Crippen LogP contribution in [0.3, 0.4) is 0 Å². The molecule has 0 fully saturated rings. The average Bonchev–Trinajstić information content (AvgIpc) is 3.41. The maximum absolute atomic E-state index is 6.72. The zero-order valence-electron chi connectivity index (χ0n) is 26.1. The van der Waals surface area contributed by atoms with Crippen molar-refractivity contribution < 1.29 is 4.74 Å². The van der Waals surface area contributed by atoms with E-state index < -0.39 is 8.07 Å². The van der Waals surface area contributed by atoms with Crippen LogP contribution in [-0.4, -0.2) is 19.2 Å². The summed E-state index contributed by atoms with van der Waals surface area (Å²) in [7, 11) is -2.92. The van der Waals surface area contributed by atoms with E-state index in [1.165, 1.54) is 26.1 Å². The highest BCUT2D eigenvalue weighted by Crippen LogP contribution is 2.34. The molecule has 0 radical (unpaired) electrons. The number of hydrogen-bond acceptors (Lipinski definition) is 1. The molecule has 0 aliphatic heterocycles. The Labute approximate surface area is 268 Å². The Hall–Kier alpha value is -5.12. The highest BCUT2D eigenvalue weighted by Gasteiger charge is 2.44. The van der Waals surface area contributed by atoms with Crippen molar-refractivity contribution in [1.82, 2.24) is 4.57 Å². The number of allylic oxidation sites excluding steroid dienone is 2. The fraction of sp³-hybridized carbons (Fsp3) is 0.0952. The van der Waals surface area contributed by atoms with Gasteiger partial charge in [-0.05, 0) is 70.9 Å². The first-order valence-corrected chi connectivity index (χ1v) is 17.7. The lowest BCUT2D eigenvalue weighted by Crippen LogP contribution is -2.75. The Bertz CT molecular complexity index is 1870. The molecule has 5 aromatic carbocycles. The summed E-state index contributed by atoms with van der Waals surface area (Å²) >= 11 is 0. The van der Waals surface area contributed by atoms with Gasteiger partial charge in [0.25, 0.3) is 0 Å². The van der Waals surface area contributed by atoms with Gasteiger partial charge in [-0.2, -0.15) is 0 Å². The molecule has 1 heterocycles. The van der Waals surface area contributed by atoms with Crippen LogP contribution >= 0.6 is 0 Å². The van der Waals surface area contributed by atoms with Gasteiger partial charge in [0.1, 0.15) is 5.75 Å². The van der Waals surface area contributed by atoms with E-state index in [0.717, 1.165) is 33.8 Å². The van der Waals surface area contributed by atoms with E-state index in [-0.39, 0.29) is 0 Å². The van der Waals surface area contributed by atoms with Crippen LogP contribution in [0.2, 0.25) is 0 Å². The SMILES string of the molecule is C=CCc1cc(-n2c(C=CC)c(C=C)c3ccccc32)cc([Si](c2ccccc2)(c2ccccc2)c2ccccc2)c1OCC. The second-order valence-corrected chi connectivity index (χ2v) is 14.9. The molecule has 45 heavy (non-hydrogen) atoms. The van der Waals surface area contributed by atoms with Gasteiger partial charge in [-0.3, -0.25) is 0 Å². The van der Waals surface area contributed by atoms with Crippen molar-refractivity contribution >= 4 is 51.9 Å². The molecule has 222 valence electrons. The Kier molecular flexibility index (Phi) is 8.81. The van der Waals surface area contributed by atoms with Gasteiger partial charge in [0.05, 0.1) is 17.8 Å². The number of ether oxygens (including phenoxy) is 1. The van der Waals surface area contributed by atoms with Crippen molar-refractivity contribution in [3.8, 4) is 11.4 Å². The van der Waals surface area contributed by atoms with E-state index in [4.69, 9.17) is 4.74 Å². The molecule has 2 nitrogen and oxygen atoms in total. The molecule has 0 atom stereocenters. The van der Waals surface area contributed by atoms with Gasteiger partial charge < -0.3 is 9.30 Å². The highest BCUT2D eigenvalue weighted by atomic mass is 28.3. The van der Waals surface area contributed by atoms with Crippen molar-refractivity contribution in [3.63, 3.8) is 0 Å². The second-order valence-electron chi connectivity index (χ2n) is 11.1. The molecule has 0 aliphatic carbocycles. The minimum Gasteiger partial charge on any atom is -0.494 e. The standard InChI is InChI=1S/C42H39NOSi/c1-5-20-32-30-33(43-39(21-6-2)37(7-3)38-28-18-19-29-40(38)43)31-41(42(32)44-8-4)45(34-22-12-9-13-23-34,35-24-14-10-15-25-35)36-26-16-11-17-27-36/h5-7,9-19,21-31H,1,3,8,20H2,2,4H3. The largest absolute Gasteiger partial charge is 0.494 e. The molecular formula is C42H39NOSi. The zero-order chi connectivity index (χ0) is 31.2. The first-order valence-electron chi connectivity index (χ1n) is 15.7. The molecule has 0 aliphatic rings. The third-order valence-corrected chi connectivity index (χ3v) is 13.3. The van der Waals surface area contributed by atoms with E-state index in [1.54, 1.807) is 0 Å². The average molecular weight is 602 g/mol. The van der Waals surface area contributed by atoms with Gasteiger partial charge in [-0.1, -0.05) is 134 Å². The lowest BCUT2D eigenvalue weighted by molar-refractivity contribution is 0.340. The van der Waals surface area contributed by atoms with Crippen LogP contribution < -0.4 is 25.5 Å². The molecule has 0 saturated carbocycles. The first kappa shape index (κ1) is 29.9. The molecule has 1 aromatic heterocycles. The molecule has 3 heteroatoms. The van der Waals surface area contributed by atoms with Crippen LogP contribution in [0.25, 0.3) is 28.7 Å². The molecular weight excluding hydrogens is 563 g/mol. The van der Waals surface area contributed by atoms with Crippen molar-refractivity contribution in [2.45, 2.75) is 20.3 Å². The van der Waals surface area contributed by atoms with Crippen molar-refractivity contribution in [1.29, 1.82) is 0 Å². The number of benzene rings is 5. The van der Waals surface area contributed by atoms with Gasteiger partial charge in [0.15, 0.2) is 8.07 Å². The van der Waals surface area contributed by atoms with Gasteiger partial charge in [0, 0.05) is 16.6 Å². The van der Waals surface area contributed by atoms with E-state index >= 15 is 0 Å². The summed E-state index contributed by atoms with van der Waals surface area (Å²) in [6.45, 7) is 13.1. The van der Waals surface area contributed by atoms with E-state index in [9.17, 15) is 0 Å². The van der Waals surface area contributed by atoms with Crippen molar-refractivity contribution in [2.24, 2.45) is 0 Å². The number of aromatic nitrogens is 1. The number of rotatable bonds is 11. The molecule has 0 unspecified atom stereocenters. The fourth-order valence-electron chi connectivity index (χ4n) is 6.83. The Morgan fingerprint density at radius 3 is 1.80 bits per heavy atom. The van der Waals surface area contributed by atoms with Crippen LogP contribution in [0, 0.1) is 0 Å². The molecule has 6 rings (SSSR count). The van der Waals surface area contributed by atoms with Crippen LogP contribution in [0.4, 0.5) is 0 Å². The first-order chi connectivity index (χ1) is 22.2. The molecule has 0 spiro atoms. The summed E-state index contributed by atoms with van der Waals surface area (Å²) in [6, 6.07) is 46.4. The van der Waals surface area contributed by atoms with Gasteiger partial charge >= 0.3 is 0 Å².